The molecule has 1 aliphatic rings. The van der Waals surface area contributed by atoms with Gasteiger partial charge in [0.15, 0.2) is 0 Å². The molecule has 7 nitrogen and oxygen atoms in total. The lowest BCUT2D eigenvalue weighted by Crippen LogP contribution is -2.38. The van der Waals surface area contributed by atoms with E-state index in [0.717, 1.165) is 33.2 Å². The molecule has 27 heavy (non-hydrogen) atoms. The number of fused-ring (bicyclic) bond motifs is 2. The van der Waals surface area contributed by atoms with Crippen LogP contribution in [0.1, 0.15) is 12.8 Å². The number of benzene rings is 2. The van der Waals surface area contributed by atoms with Crippen molar-refractivity contribution in [3.05, 3.63) is 48.5 Å². The van der Waals surface area contributed by atoms with Gasteiger partial charge < -0.3 is 10.1 Å². The third kappa shape index (κ3) is 2.39. The number of nitrogens with zero attached hydrogens (tertiary/aromatic N) is 2. The van der Waals surface area contributed by atoms with E-state index < -0.39 is 12.0 Å². The second-order valence-electron chi connectivity index (χ2n) is 6.73. The van der Waals surface area contributed by atoms with Crippen molar-refractivity contribution in [3.63, 3.8) is 0 Å². The van der Waals surface area contributed by atoms with Crippen LogP contribution in [0.15, 0.2) is 48.5 Å². The van der Waals surface area contributed by atoms with Crippen LogP contribution in [0.3, 0.4) is 0 Å². The number of H-pyrrole nitrogens is 2. The molecule has 4 aromatic rings. The number of carbonyl (C=O) groups is 2. The maximum absolute atomic E-state index is 12.3. The van der Waals surface area contributed by atoms with Gasteiger partial charge >= 0.3 is 5.97 Å². The highest BCUT2D eigenvalue weighted by molar-refractivity contribution is 6.05. The maximum atomic E-state index is 12.3. The summed E-state index contributed by atoms with van der Waals surface area (Å²) in [7, 11) is 0. The fraction of sp³-hybridized carbons (Fsp3) is 0.150. The predicted octanol–water partition coefficient (Wildman–Crippen LogP) is 3.29. The molecule has 0 spiro atoms. The largest absolute Gasteiger partial charge is 0.480 e. The Balaban J connectivity index is 1.64. The number of anilines is 1. The number of rotatable bonds is 3. The van der Waals surface area contributed by atoms with E-state index in [9.17, 15) is 14.7 Å². The highest BCUT2D eigenvalue weighted by Gasteiger charge is 2.37. The standard InChI is InChI=1S/C20H16N4O3/c25-18-8-7-17(20(26)27)24(18)12-5-6-15-13(10-12)19(23-22-15)16-9-11-3-1-2-4-14(11)21-16/h1-6,9-10,17,21H,7-8H2,(H,22,23)(H,26,27). The number of amides is 1. The maximum Gasteiger partial charge on any atom is 0.326 e. The van der Waals surface area contributed by atoms with E-state index in [0.29, 0.717) is 12.1 Å². The number of carboxylic acid groups (broad SMARTS) is 1. The molecule has 1 atom stereocenters. The molecular formula is C20H16N4O3. The van der Waals surface area contributed by atoms with E-state index in [2.05, 4.69) is 15.2 Å². The topological polar surface area (TPSA) is 102 Å². The number of carboxylic acids is 1. The molecule has 5 rings (SSSR count). The van der Waals surface area contributed by atoms with E-state index >= 15 is 0 Å². The summed E-state index contributed by atoms with van der Waals surface area (Å²) >= 11 is 0. The second-order valence-corrected chi connectivity index (χ2v) is 6.73. The number of aromatic amines is 2. The molecule has 0 bridgehead atoms. The summed E-state index contributed by atoms with van der Waals surface area (Å²) < 4.78 is 0. The molecule has 0 saturated carbocycles. The van der Waals surface area contributed by atoms with Crippen LogP contribution < -0.4 is 4.90 Å². The lowest BCUT2D eigenvalue weighted by molar-refractivity contribution is -0.138. The van der Waals surface area contributed by atoms with E-state index in [1.54, 1.807) is 6.07 Å². The third-order valence-corrected chi connectivity index (χ3v) is 5.11. The Bertz CT molecular complexity index is 1170. The summed E-state index contributed by atoms with van der Waals surface area (Å²) in [5.41, 5.74) is 4.02. The average Bonchev–Trinajstić information content (AvgIpc) is 3.36. The fourth-order valence-corrected chi connectivity index (χ4v) is 3.80. The minimum absolute atomic E-state index is 0.169. The van der Waals surface area contributed by atoms with Gasteiger partial charge in [0.2, 0.25) is 5.91 Å². The van der Waals surface area contributed by atoms with E-state index in [-0.39, 0.29) is 12.3 Å². The molecule has 1 unspecified atom stereocenters. The van der Waals surface area contributed by atoms with Gasteiger partial charge in [0, 0.05) is 28.4 Å². The molecule has 134 valence electrons. The molecule has 1 saturated heterocycles. The Morgan fingerprint density at radius 3 is 2.81 bits per heavy atom. The van der Waals surface area contributed by atoms with Crippen LogP contribution in [0.25, 0.3) is 33.2 Å². The molecule has 3 N–H and O–H groups in total. The zero-order chi connectivity index (χ0) is 18.5. The average molecular weight is 360 g/mol. The van der Waals surface area contributed by atoms with Gasteiger partial charge in [-0.15, -0.1) is 0 Å². The van der Waals surface area contributed by atoms with Crippen molar-refractivity contribution in [1.29, 1.82) is 0 Å². The SMILES string of the molecule is O=C(O)C1CCC(=O)N1c1ccc2[nH]nc(-c3cc4ccccc4[nH]3)c2c1. The molecule has 3 heterocycles. The van der Waals surface area contributed by atoms with Crippen LogP contribution in [0, 0.1) is 0 Å². The Labute approximate surface area is 153 Å². The molecule has 1 fully saturated rings. The van der Waals surface area contributed by atoms with E-state index in [1.165, 1.54) is 4.90 Å². The van der Waals surface area contributed by atoms with Gasteiger partial charge in [0.1, 0.15) is 11.7 Å². The van der Waals surface area contributed by atoms with Crippen LogP contribution >= 0.6 is 0 Å². The summed E-state index contributed by atoms with van der Waals surface area (Å²) in [4.78, 5) is 28.5. The Hall–Kier alpha value is -3.61. The quantitative estimate of drug-likeness (QED) is 0.522. The first-order valence-electron chi connectivity index (χ1n) is 8.73. The number of carbonyl (C=O) groups excluding carboxylic acids is 1. The summed E-state index contributed by atoms with van der Waals surface area (Å²) in [6, 6.07) is 14.6. The monoisotopic (exact) mass is 360 g/mol. The van der Waals surface area contributed by atoms with Crippen molar-refractivity contribution in [2.24, 2.45) is 0 Å². The van der Waals surface area contributed by atoms with Crippen LogP contribution in [0.2, 0.25) is 0 Å². The Morgan fingerprint density at radius 2 is 2.00 bits per heavy atom. The first kappa shape index (κ1) is 15.6. The third-order valence-electron chi connectivity index (χ3n) is 5.11. The summed E-state index contributed by atoms with van der Waals surface area (Å²) in [6.07, 6.45) is 0.571. The van der Waals surface area contributed by atoms with Crippen molar-refractivity contribution in [1.82, 2.24) is 15.2 Å². The fourth-order valence-electron chi connectivity index (χ4n) is 3.80. The Morgan fingerprint density at radius 1 is 1.15 bits per heavy atom. The lowest BCUT2D eigenvalue weighted by Gasteiger charge is -2.21. The van der Waals surface area contributed by atoms with Gasteiger partial charge in [-0.05, 0) is 36.8 Å². The smallest absolute Gasteiger partial charge is 0.326 e. The van der Waals surface area contributed by atoms with Gasteiger partial charge in [0.05, 0.1) is 11.2 Å². The van der Waals surface area contributed by atoms with Crippen LogP contribution in [0.4, 0.5) is 5.69 Å². The first-order valence-corrected chi connectivity index (χ1v) is 8.73. The van der Waals surface area contributed by atoms with E-state index in [1.807, 2.05) is 42.5 Å². The van der Waals surface area contributed by atoms with Crippen LogP contribution in [-0.2, 0) is 9.59 Å². The predicted molar refractivity (Wildman–Crippen MR) is 102 cm³/mol. The molecule has 2 aromatic heterocycles. The number of hydrogen-bond donors (Lipinski definition) is 3. The molecule has 1 aliphatic heterocycles. The number of aromatic nitrogens is 3. The van der Waals surface area contributed by atoms with Gasteiger partial charge in [0.25, 0.3) is 0 Å². The highest BCUT2D eigenvalue weighted by atomic mass is 16.4. The Kier molecular flexibility index (Phi) is 3.30. The molecular weight excluding hydrogens is 344 g/mol. The second kappa shape index (κ2) is 5.70. The minimum atomic E-state index is -0.982. The van der Waals surface area contributed by atoms with Crippen molar-refractivity contribution >= 4 is 39.4 Å². The number of aliphatic carboxylic acids is 1. The van der Waals surface area contributed by atoms with Crippen molar-refractivity contribution in [3.8, 4) is 11.4 Å². The number of para-hydroxylation sites is 1. The lowest BCUT2D eigenvalue weighted by atomic mass is 10.1. The summed E-state index contributed by atoms with van der Waals surface area (Å²) in [5, 5.41) is 18.8. The minimum Gasteiger partial charge on any atom is -0.480 e. The molecule has 0 radical (unpaired) electrons. The van der Waals surface area contributed by atoms with Crippen molar-refractivity contribution < 1.29 is 14.7 Å². The van der Waals surface area contributed by atoms with Crippen molar-refractivity contribution in [2.75, 3.05) is 4.90 Å². The first-order chi connectivity index (χ1) is 13.1. The zero-order valence-electron chi connectivity index (χ0n) is 14.3. The molecule has 1 amide bonds. The highest BCUT2D eigenvalue weighted by Crippen LogP contribution is 2.33. The zero-order valence-corrected chi connectivity index (χ0v) is 14.3. The molecule has 0 aliphatic carbocycles. The number of nitrogens with one attached hydrogen (secondary N) is 2. The van der Waals surface area contributed by atoms with Gasteiger partial charge in [-0.1, -0.05) is 18.2 Å². The van der Waals surface area contributed by atoms with Gasteiger partial charge in [-0.3, -0.25) is 14.8 Å². The van der Waals surface area contributed by atoms with Crippen LogP contribution in [0.5, 0.6) is 0 Å². The van der Waals surface area contributed by atoms with Gasteiger partial charge in [-0.2, -0.15) is 5.10 Å². The molecule has 7 heteroatoms. The van der Waals surface area contributed by atoms with Gasteiger partial charge in [-0.25, -0.2) is 4.79 Å². The molecule has 2 aromatic carbocycles. The summed E-state index contributed by atoms with van der Waals surface area (Å²) in [6.45, 7) is 0. The number of hydrogen-bond acceptors (Lipinski definition) is 3. The normalized spacial score (nSPS) is 17.3. The summed E-state index contributed by atoms with van der Waals surface area (Å²) in [5.74, 6) is -1.15. The van der Waals surface area contributed by atoms with Crippen LogP contribution in [-0.4, -0.2) is 38.2 Å². The van der Waals surface area contributed by atoms with Crippen molar-refractivity contribution in [2.45, 2.75) is 18.9 Å². The van der Waals surface area contributed by atoms with E-state index in [4.69, 9.17) is 0 Å².